The van der Waals surface area contributed by atoms with Gasteiger partial charge in [0.1, 0.15) is 17.4 Å². The van der Waals surface area contributed by atoms with Gasteiger partial charge in [-0.3, -0.25) is 4.79 Å². The molecule has 1 aliphatic rings. The first-order valence-electron chi connectivity index (χ1n) is 4.72. The molecule has 14 heavy (non-hydrogen) atoms. The van der Waals surface area contributed by atoms with Crippen LogP contribution in [0.5, 0.6) is 0 Å². The number of allylic oxidation sites excluding steroid dienone is 1. The molecule has 1 N–H and O–H groups in total. The zero-order valence-corrected chi connectivity index (χ0v) is 8.37. The van der Waals surface area contributed by atoms with Crippen molar-refractivity contribution in [2.45, 2.75) is 39.2 Å². The van der Waals surface area contributed by atoms with Crippen LogP contribution in [0.3, 0.4) is 0 Å². The number of carbonyl (C=O) groups excluding carboxylic acids is 2. The first-order valence-corrected chi connectivity index (χ1v) is 4.72. The molecular weight excluding hydrogens is 184 g/mol. The van der Waals surface area contributed by atoms with Crippen LogP contribution in [-0.2, 0) is 14.3 Å². The number of ether oxygens (including phenoxy) is 1. The summed E-state index contributed by atoms with van der Waals surface area (Å²) in [5.41, 5.74) is -0.162. The van der Waals surface area contributed by atoms with Crippen LogP contribution in [0.25, 0.3) is 0 Å². The third kappa shape index (κ3) is 2.13. The van der Waals surface area contributed by atoms with Crippen molar-refractivity contribution in [2.24, 2.45) is 0 Å². The zero-order valence-electron chi connectivity index (χ0n) is 8.37. The third-order valence-electron chi connectivity index (χ3n) is 2.04. The number of hydrogen-bond donors (Lipinski definition) is 1. The van der Waals surface area contributed by atoms with Gasteiger partial charge in [-0.05, 0) is 13.3 Å². The Bertz CT molecular complexity index is 270. The van der Waals surface area contributed by atoms with Gasteiger partial charge in [0, 0.05) is 12.8 Å². The normalized spacial score (nSPS) is 26.0. The van der Waals surface area contributed by atoms with E-state index in [-0.39, 0.29) is 29.6 Å². The van der Waals surface area contributed by atoms with Gasteiger partial charge >= 0.3 is 5.97 Å². The number of rotatable bonds is 2. The highest BCUT2D eigenvalue weighted by Gasteiger charge is 2.32. The fourth-order valence-electron chi connectivity index (χ4n) is 1.40. The molecular formula is C10H14O4. The van der Waals surface area contributed by atoms with E-state index < -0.39 is 5.97 Å². The van der Waals surface area contributed by atoms with Crippen LogP contribution in [0, 0.1) is 0 Å². The second-order valence-electron chi connectivity index (χ2n) is 3.41. The van der Waals surface area contributed by atoms with E-state index in [0.717, 1.165) is 0 Å². The number of hydrogen-bond acceptors (Lipinski definition) is 4. The highest BCUT2D eigenvalue weighted by molar-refractivity contribution is 6.19. The summed E-state index contributed by atoms with van der Waals surface area (Å²) in [6.07, 6.45) is 0.804. The van der Waals surface area contributed by atoms with Crippen LogP contribution in [-0.4, -0.2) is 23.0 Å². The van der Waals surface area contributed by atoms with Crippen molar-refractivity contribution < 1.29 is 19.4 Å². The van der Waals surface area contributed by atoms with Gasteiger partial charge in [-0.25, -0.2) is 4.79 Å². The third-order valence-corrected chi connectivity index (χ3v) is 2.04. The Labute approximate surface area is 82.6 Å². The first kappa shape index (κ1) is 10.8. The van der Waals surface area contributed by atoms with Crippen LogP contribution < -0.4 is 0 Å². The average Bonchev–Trinajstić information content (AvgIpc) is 2.01. The molecule has 0 amide bonds. The maximum atomic E-state index is 11.4. The molecule has 0 saturated carbocycles. The summed E-state index contributed by atoms with van der Waals surface area (Å²) >= 11 is 0. The molecule has 1 rings (SSSR count). The lowest BCUT2D eigenvalue weighted by atomic mass is 10.0. The van der Waals surface area contributed by atoms with Gasteiger partial charge in [-0.15, -0.1) is 0 Å². The van der Waals surface area contributed by atoms with Gasteiger partial charge < -0.3 is 9.84 Å². The summed E-state index contributed by atoms with van der Waals surface area (Å²) in [6.45, 7) is 3.52. The molecule has 1 heterocycles. The minimum atomic E-state index is -0.695. The van der Waals surface area contributed by atoms with E-state index in [2.05, 4.69) is 0 Å². The van der Waals surface area contributed by atoms with Gasteiger partial charge in [0.25, 0.3) is 0 Å². The van der Waals surface area contributed by atoms with Crippen LogP contribution in [0.1, 0.15) is 33.1 Å². The predicted octanol–water partition coefficient (Wildman–Crippen LogP) is 1.50. The van der Waals surface area contributed by atoms with E-state index in [9.17, 15) is 14.7 Å². The van der Waals surface area contributed by atoms with Crippen LogP contribution in [0.4, 0.5) is 0 Å². The van der Waals surface area contributed by atoms with Gasteiger partial charge in [0.05, 0.1) is 0 Å². The zero-order chi connectivity index (χ0) is 10.7. The maximum absolute atomic E-state index is 11.4. The Morgan fingerprint density at radius 2 is 2.21 bits per heavy atom. The monoisotopic (exact) mass is 198 g/mol. The lowest BCUT2D eigenvalue weighted by Crippen LogP contribution is -2.31. The summed E-state index contributed by atoms with van der Waals surface area (Å²) in [5.74, 6) is -1.16. The van der Waals surface area contributed by atoms with E-state index in [1.165, 1.54) is 0 Å². The number of aliphatic hydroxyl groups is 1. The molecule has 0 aromatic rings. The van der Waals surface area contributed by atoms with Gasteiger partial charge in [-0.2, -0.15) is 0 Å². The minimum absolute atomic E-state index is 0.144. The van der Waals surface area contributed by atoms with Gasteiger partial charge in [-0.1, -0.05) is 6.92 Å². The van der Waals surface area contributed by atoms with E-state index in [1.54, 1.807) is 6.92 Å². The topological polar surface area (TPSA) is 63.6 Å². The quantitative estimate of drug-likeness (QED) is 0.316. The fourth-order valence-corrected chi connectivity index (χ4v) is 1.40. The maximum Gasteiger partial charge on any atom is 0.345 e. The molecule has 0 aromatic carbocycles. The highest BCUT2D eigenvalue weighted by Crippen LogP contribution is 2.20. The second-order valence-corrected chi connectivity index (χ2v) is 3.41. The van der Waals surface area contributed by atoms with E-state index in [1.807, 2.05) is 6.92 Å². The molecule has 4 heteroatoms. The number of ketones is 1. The lowest BCUT2D eigenvalue weighted by molar-refractivity contribution is -0.150. The summed E-state index contributed by atoms with van der Waals surface area (Å²) in [4.78, 5) is 22.7. The molecule has 1 atom stereocenters. The standard InChI is InChI=1S/C10H14O4/c1-3-4-7(11)9-8(12)5-6(2)14-10(9)13/h6,11H,3-5H2,1-2H3. The Kier molecular flexibility index (Phi) is 3.28. The molecule has 1 aliphatic heterocycles. The van der Waals surface area contributed by atoms with E-state index >= 15 is 0 Å². The predicted molar refractivity (Wildman–Crippen MR) is 49.7 cm³/mol. The molecule has 0 radical (unpaired) electrons. The van der Waals surface area contributed by atoms with Gasteiger partial charge in [0.2, 0.25) is 0 Å². The molecule has 1 saturated heterocycles. The van der Waals surface area contributed by atoms with Crippen molar-refractivity contribution in [3.8, 4) is 0 Å². The lowest BCUT2D eigenvalue weighted by Gasteiger charge is -2.20. The SMILES string of the molecule is CCCC(O)=C1C(=O)CC(C)OC1=O. The average molecular weight is 198 g/mol. The number of carbonyl (C=O) groups is 2. The molecule has 1 fully saturated rings. The molecule has 4 nitrogen and oxygen atoms in total. The Balaban J connectivity index is 2.92. The van der Waals surface area contributed by atoms with E-state index in [0.29, 0.717) is 12.8 Å². The largest absolute Gasteiger partial charge is 0.511 e. The Morgan fingerprint density at radius 3 is 2.71 bits per heavy atom. The second kappa shape index (κ2) is 4.26. The van der Waals surface area contributed by atoms with Crippen molar-refractivity contribution in [1.82, 2.24) is 0 Å². The summed E-state index contributed by atoms with van der Waals surface area (Å²) in [6, 6.07) is 0. The number of esters is 1. The van der Waals surface area contributed by atoms with Crippen molar-refractivity contribution in [1.29, 1.82) is 0 Å². The molecule has 78 valence electrons. The highest BCUT2D eigenvalue weighted by atomic mass is 16.5. The summed E-state index contributed by atoms with van der Waals surface area (Å²) in [7, 11) is 0. The van der Waals surface area contributed by atoms with Gasteiger partial charge in [0.15, 0.2) is 5.78 Å². The summed E-state index contributed by atoms with van der Waals surface area (Å²) in [5, 5.41) is 9.46. The Hall–Kier alpha value is -1.32. The molecule has 1 unspecified atom stereocenters. The van der Waals surface area contributed by atoms with Crippen molar-refractivity contribution in [3.63, 3.8) is 0 Å². The van der Waals surface area contributed by atoms with Crippen LogP contribution >= 0.6 is 0 Å². The minimum Gasteiger partial charge on any atom is -0.511 e. The first-order chi connectivity index (χ1) is 6.56. The molecule has 0 aliphatic carbocycles. The number of Topliss-reactive ketones (excluding diaryl/α,β-unsaturated/α-hetero) is 1. The van der Waals surface area contributed by atoms with Crippen molar-refractivity contribution in [2.75, 3.05) is 0 Å². The molecule has 0 aromatic heterocycles. The van der Waals surface area contributed by atoms with E-state index in [4.69, 9.17) is 4.74 Å². The Morgan fingerprint density at radius 1 is 1.57 bits per heavy atom. The molecule has 0 bridgehead atoms. The fraction of sp³-hybridized carbons (Fsp3) is 0.600. The number of cyclic esters (lactones) is 1. The molecule has 0 spiro atoms. The van der Waals surface area contributed by atoms with Crippen LogP contribution in [0.15, 0.2) is 11.3 Å². The van der Waals surface area contributed by atoms with Crippen molar-refractivity contribution in [3.05, 3.63) is 11.3 Å². The smallest absolute Gasteiger partial charge is 0.345 e. The van der Waals surface area contributed by atoms with Crippen molar-refractivity contribution >= 4 is 11.8 Å². The summed E-state index contributed by atoms with van der Waals surface area (Å²) < 4.78 is 4.86. The van der Waals surface area contributed by atoms with Crippen LogP contribution in [0.2, 0.25) is 0 Å². The number of aliphatic hydroxyl groups excluding tert-OH is 1.